The molecule has 2 fully saturated rings. The average molecular weight is 327 g/mol. The monoisotopic (exact) mass is 327 g/mol. The number of rotatable bonds is 3. The van der Waals surface area contributed by atoms with Crippen molar-refractivity contribution in [2.75, 3.05) is 19.6 Å². The van der Waals surface area contributed by atoms with Crippen LogP contribution in [0.25, 0.3) is 0 Å². The third kappa shape index (κ3) is 2.14. The maximum absolute atomic E-state index is 2.66. The van der Waals surface area contributed by atoms with Gasteiger partial charge in [0.15, 0.2) is 0 Å². The van der Waals surface area contributed by atoms with Crippen LogP contribution in [0.1, 0.15) is 31.2 Å². The number of hydrogen-bond acceptors (Lipinski definition) is 1. The summed E-state index contributed by atoms with van der Waals surface area (Å²) >= 11 is 2.38. The summed E-state index contributed by atoms with van der Waals surface area (Å²) in [5.74, 6) is 0. The Morgan fingerprint density at radius 2 is 1.69 bits per heavy atom. The van der Waals surface area contributed by atoms with Gasteiger partial charge in [0.2, 0.25) is 0 Å². The number of likely N-dealkylation sites (tertiary alicyclic amines) is 1. The molecule has 1 aliphatic heterocycles. The van der Waals surface area contributed by atoms with Gasteiger partial charge >= 0.3 is 0 Å². The molecule has 0 N–H and O–H groups in total. The van der Waals surface area contributed by atoms with E-state index in [1.54, 1.807) is 5.56 Å². The summed E-state index contributed by atoms with van der Waals surface area (Å²) in [4.78, 5) is 2.66. The Balaban J connectivity index is 1.74. The lowest BCUT2D eigenvalue weighted by Crippen LogP contribution is -2.30. The number of halogens is 1. The van der Waals surface area contributed by atoms with Crippen LogP contribution in [0, 0.1) is 3.57 Å². The minimum atomic E-state index is 0.522. The van der Waals surface area contributed by atoms with Crippen molar-refractivity contribution in [1.29, 1.82) is 0 Å². The average Bonchev–Trinajstić information content (AvgIpc) is 2.88. The maximum atomic E-state index is 2.66. The van der Waals surface area contributed by atoms with E-state index >= 15 is 0 Å². The van der Waals surface area contributed by atoms with Gasteiger partial charge in [-0.1, -0.05) is 12.1 Å². The molecule has 0 bridgehead atoms. The summed E-state index contributed by atoms with van der Waals surface area (Å²) < 4.78 is 1.35. The van der Waals surface area contributed by atoms with Crippen molar-refractivity contribution >= 4 is 22.6 Å². The number of nitrogens with zero attached hydrogens (tertiary/aromatic N) is 1. The Morgan fingerprint density at radius 1 is 1.06 bits per heavy atom. The van der Waals surface area contributed by atoms with E-state index in [4.69, 9.17) is 0 Å². The highest BCUT2D eigenvalue weighted by Crippen LogP contribution is 2.49. The first kappa shape index (κ1) is 11.0. The van der Waals surface area contributed by atoms with E-state index in [0.29, 0.717) is 5.41 Å². The summed E-state index contributed by atoms with van der Waals surface area (Å²) in [6.07, 6.45) is 5.60. The van der Waals surface area contributed by atoms with Crippen molar-refractivity contribution in [3.05, 3.63) is 33.4 Å². The van der Waals surface area contributed by atoms with Crippen LogP contribution in [0.5, 0.6) is 0 Å². The molecule has 1 heterocycles. The first-order chi connectivity index (χ1) is 7.78. The highest BCUT2D eigenvalue weighted by atomic mass is 127. The summed E-state index contributed by atoms with van der Waals surface area (Å²) in [6.45, 7) is 3.95. The van der Waals surface area contributed by atoms with Gasteiger partial charge in [0.25, 0.3) is 0 Å². The Labute approximate surface area is 111 Å². The van der Waals surface area contributed by atoms with Crippen LogP contribution in [-0.2, 0) is 5.41 Å². The minimum Gasteiger partial charge on any atom is -0.302 e. The van der Waals surface area contributed by atoms with Crippen LogP contribution in [-0.4, -0.2) is 24.5 Å². The van der Waals surface area contributed by atoms with Gasteiger partial charge < -0.3 is 4.90 Å². The minimum absolute atomic E-state index is 0.522. The zero-order valence-electron chi connectivity index (χ0n) is 9.58. The quantitative estimate of drug-likeness (QED) is 0.769. The molecule has 0 unspecified atom stereocenters. The molecule has 3 rings (SSSR count). The standard InChI is InChI=1S/C14H18IN/c15-13-5-3-12(4-6-13)14(7-8-14)11-16-9-1-2-10-16/h3-6H,1-2,7-11H2. The number of hydrogen-bond donors (Lipinski definition) is 0. The van der Waals surface area contributed by atoms with Crippen LogP contribution >= 0.6 is 22.6 Å². The smallest absolute Gasteiger partial charge is 0.0130 e. The summed E-state index contributed by atoms with van der Waals surface area (Å²) in [5.41, 5.74) is 2.09. The molecule has 1 aliphatic carbocycles. The first-order valence-corrected chi connectivity index (χ1v) is 7.35. The van der Waals surface area contributed by atoms with Crippen LogP contribution in [0.15, 0.2) is 24.3 Å². The Morgan fingerprint density at radius 3 is 2.25 bits per heavy atom. The number of benzene rings is 1. The van der Waals surface area contributed by atoms with Crippen molar-refractivity contribution in [3.63, 3.8) is 0 Å². The molecule has 1 saturated heterocycles. The zero-order chi connectivity index (χ0) is 11.0. The SMILES string of the molecule is Ic1ccc(C2(CN3CCCC3)CC2)cc1. The summed E-state index contributed by atoms with van der Waals surface area (Å²) in [6, 6.07) is 9.18. The van der Waals surface area contributed by atoms with Gasteiger partial charge in [-0.25, -0.2) is 0 Å². The highest BCUT2D eigenvalue weighted by molar-refractivity contribution is 14.1. The van der Waals surface area contributed by atoms with E-state index in [0.717, 1.165) is 0 Å². The van der Waals surface area contributed by atoms with Crippen LogP contribution in [0.2, 0.25) is 0 Å². The van der Waals surface area contributed by atoms with E-state index in [9.17, 15) is 0 Å². The highest BCUT2D eigenvalue weighted by Gasteiger charge is 2.45. The Hall–Kier alpha value is -0.0900. The lowest BCUT2D eigenvalue weighted by atomic mass is 9.95. The van der Waals surface area contributed by atoms with Crippen molar-refractivity contribution in [1.82, 2.24) is 4.90 Å². The van der Waals surface area contributed by atoms with Gasteiger partial charge in [-0.05, 0) is 79.1 Å². The molecule has 2 aliphatic rings. The van der Waals surface area contributed by atoms with Crippen molar-refractivity contribution in [3.8, 4) is 0 Å². The van der Waals surface area contributed by atoms with E-state index in [1.807, 2.05) is 0 Å². The lowest BCUT2D eigenvalue weighted by Gasteiger charge is -2.23. The third-order valence-electron chi connectivity index (χ3n) is 4.04. The second kappa shape index (κ2) is 4.30. The second-order valence-corrected chi connectivity index (χ2v) is 6.52. The Kier molecular flexibility index (Phi) is 2.96. The van der Waals surface area contributed by atoms with Crippen LogP contribution in [0.3, 0.4) is 0 Å². The van der Waals surface area contributed by atoms with Gasteiger partial charge in [0.1, 0.15) is 0 Å². The van der Waals surface area contributed by atoms with E-state index in [1.165, 1.54) is 48.9 Å². The third-order valence-corrected chi connectivity index (χ3v) is 4.75. The van der Waals surface area contributed by atoms with Gasteiger partial charge in [-0.2, -0.15) is 0 Å². The largest absolute Gasteiger partial charge is 0.302 e. The molecule has 0 aromatic heterocycles. The van der Waals surface area contributed by atoms with Crippen molar-refractivity contribution in [2.24, 2.45) is 0 Å². The van der Waals surface area contributed by atoms with Crippen LogP contribution in [0.4, 0.5) is 0 Å². The van der Waals surface area contributed by atoms with Gasteiger partial charge in [-0.3, -0.25) is 0 Å². The van der Waals surface area contributed by atoms with Gasteiger partial charge in [0, 0.05) is 15.5 Å². The topological polar surface area (TPSA) is 3.24 Å². The first-order valence-electron chi connectivity index (χ1n) is 6.27. The zero-order valence-corrected chi connectivity index (χ0v) is 11.7. The fourth-order valence-corrected chi connectivity index (χ4v) is 3.22. The van der Waals surface area contributed by atoms with E-state index in [-0.39, 0.29) is 0 Å². The molecule has 16 heavy (non-hydrogen) atoms. The predicted molar refractivity (Wildman–Crippen MR) is 75.7 cm³/mol. The van der Waals surface area contributed by atoms with Crippen molar-refractivity contribution < 1.29 is 0 Å². The molecule has 0 atom stereocenters. The fourth-order valence-electron chi connectivity index (χ4n) is 2.86. The molecule has 1 aromatic rings. The molecule has 2 heteroatoms. The second-order valence-electron chi connectivity index (χ2n) is 5.27. The van der Waals surface area contributed by atoms with Gasteiger partial charge in [-0.15, -0.1) is 0 Å². The summed E-state index contributed by atoms with van der Waals surface area (Å²) in [5, 5.41) is 0. The predicted octanol–water partition coefficient (Wildman–Crippen LogP) is 3.42. The van der Waals surface area contributed by atoms with Crippen molar-refractivity contribution in [2.45, 2.75) is 31.1 Å². The summed E-state index contributed by atoms with van der Waals surface area (Å²) in [7, 11) is 0. The molecule has 1 saturated carbocycles. The molecule has 1 aromatic carbocycles. The molecule has 0 amide bonds. The molecular weight excluding hydrogens is 309 g/mol. The normalized spacial score (nSPS) is 23.6. The van der Waals surface area contributed by atoms with Crippen LogP contribution < -0.4 is 0 Å². The molecule has 86 valence electrons. The molecular formula is C14H18IN. The van der Waals surface area contributed by atoms with E-state index < -0.39 is 0 Å². The van der Waals surface area contributed by atoms with Gasteiger partial charge in [0.05, 0.1) is 0 Å². The fraction of sp³-hybridized carbons (Fsp3) is 0.571. The molecule has 1 nitrogen and oxygen atoms in total. The molecule has 0 spiro atoms. The van der Waals surface area contributed by atoms with E-state index in [2.05, 4.69) is 51.8 Å². The molecule has 0 radical (unpaired) electrons. The maximum Gasteiger partial charge on any atom is 0.0130 e. The Bertz CT molecular complexity index is 361. The lowest BCUT2D eigenvalue weighted by molar-refractivity contribution is 0.305.